The minimum atomic E-state index is -0.556. The van der Waals surface area contributed by atoms with Crippen LogP contribution in [0.4, 0.5) is 8.78 Å². The molecule has 0 heterocycles. The normalized spacial score (nSPS) is 19.5. The van der Waals surface area contributed by atoms with Crippen LogP contribution in [0, 0.1) is 43.2 Å². The van der Waals surface area contributed by atoms with Gasteiger partial charge < -0.3 is 0 Å². The fraction of sp³-hybridized carbons (Fsp3) is 0.300. The Morgan fingerprint density at radius 2 is 1.64 bits per heavy atom. The standard InChI is InChI=1S/C20H18F2/c1-12-8-17(18-9-13(18)2)7-6-16(12)5-4-15-10-19(21)14(3)20(22)11-15/h6-8,10-11,13,18H,9H2,1-3H3. The summed E-state index contributed by atoms with van der Waals surface area (Å²) >= 11 is 0. The third-order valence-electron chi connectivity index (χ3n) is 4.41. The van der Waals surface area contributed by atoms with Crippen LogP contribution < -0.4 is 0 Å². The Morgan fingerprint density at radius 1 is 1.00 bits per heavy atom. The molecule has 2 aromatic rings. The second kappa shape index (κ2) is 5.57. The van der Waals surface area contributed by atoms with E-state index in [1.54, 1.807) is 0 Å². The molecule has 2 atom stereocenters. The smallest absolute Gasteiger partial charge is 0.130 e. The summed E-state index contributed by atoms with van der Waals surface area (Å²) < 4.78 is 27.0. The van der Waals surface area contributed by atoms with Gasteiger partial charge in [-0.1, -0.05) is 30.9 Å². The van der Waals surface area contributed by atoms with Crippen LogP contribution in [0.15, 0.2) is 30.3 Å². The van der Waals surface area contributed by atoms with Gasteiger partial charge in [0, 0.05) is 16.7 Å². The predicted octanol–water partition coefficient (Wildman–Crippen LogP) is 5.10. The van der Waals surface area contributed by atoms with Crippen molar-refractivity contribution >= 4 is 0 Å². The van der Waals surface area contributed by atoms with Crippen LogP contribution in [0.1, 0.15) is 47.1 Å². The molecule has 0 aliphatic heterocycles. The maximum Gasteiger partial charge on any atom is 0.130 e. The molecule has 0 aromatic heterocycles. The molecule has 22 heavy (non-hydrogen) atoms. The largest absolute Gasteiger partial charge is 0.207 e. The van der Waals surface area contributed by atoms with Crippen molar-refractivity contribution in [3.05, 3.63) is 69.8 Å². The molecule has 1 fully saturated rings. The van der Waals surface area contributed by atoms with E-state index in [1.807, 2.05) is 13.0 Å². The number of hydrogen-bond acceptors (Lipinski definition) is 0. The van der Waals surface area contributed by atoms with E-state index in [-0.39, 0.29) is 5.56 Å². The maximum atomic E-state index is 13.5. The van der Waals surface area contributed by atoms with Crippen LogP contribution in [0.2, 0.25) is 0 Å². The van der Waals surface area contributed by atoms with E-state index in [1.165, 1.54) is 31.0 Å². The molecule has 1 aliphatic carbocycles. The Morgan fingerprint density at radius 3 is 2.18 bits per heavy atom. The van der Waals surface area contributed by atoms with E-state index < -0.39 is 11.6 Å². The molecule has 1 aliphatic rings. The number of benzene rings is 2. The Hall–Kier alpha value is -2.14. The molecular weight excluding hydrogens is 278 g/mol. The summed E-state index contributed by atoms with van der Waals surface area (Å²) in [5, 5.41) is 0. The molecule has 0 N–H and O–H groups in total. The van der Waals surface area contributed by atoms with Crippen molar-refractivity contribution in [2.75, 3.05) is 0 Å². The highest BCUT2D eigenvalue weighted by Crippen LogP contribution is 2.47. The summed E-state index contributed by atoms with van der Waals surface area (Å²) in [6, 6.07) is 8.85. The molecule has 1 saturated carbocycles. The second-order valence-electron chi connectivity index (χ2n) is 6.21. The molecule has 0 amide bonds. The molecule has 0 saturated heterocycles. The first-order valence-corrected chi connectivity index (χ1v) is 7.54. The Bertz CT molecular complexity index is 770. The number of rotatable bonds is 1. The van der Waals surface area contributed by atoms with Crippen molar-refractivity contribution in [2.45, 2.75) is 33.1 Å². The van der Waals surface area contributed by atoms with Gasteiger partial charge in [-0.25, -0.2) is 8.78 Å². The average Bonchev–Trinajstić information content (AvgIpc) is 3.20. The van der Waals surface area contributed by atoms with Gasteiger partial charge in [0.25, 0.3) is 0 Å². The van der Waals surface area contributed by atoms with E-state index in [9.17, 15) is 8.78 Å². The van der Waals surface area contributed by atoms with E-state index in [2.05, 4.69) is 30.9 Å². The SMILES string of the molecule is Cc1cc(C2CC2C)ccc1C#Cc1cc(F)c(C)c(F)c1. The number of aryl methyl sites for hydroxylation is 1. The zero-order chi connectivity index (χ0) is 15.9. The quantitative estimate of drug-likeness (QED) is 0.642. The molecular formula is C20H18F2. The van der Waals surface area contributed by atoms with Gasteiger partial charge in [-0.2, -0.15) is 0 Å². The second-order valence-corrected chi connectivity index (χ2v) is 6.21. The Labute approximate surface area is 130 Å². The lowest BCUT2D eigenvalue weighted by molar-refractivity contribution is 0.567. The zero-order valence-corrected chi connectivity index (χ0v) is 13.0. The van der Waals surface area contributed by atoms with Crippen molar-refractivity contribution in [1.29, 1.82) is 0 Å². The lowest BCUT2D eigenvalue weighted by atomic mass is 10.0. The third kappa shape index (κ3) is 2.90. The highest BCUT2D eigenvalue weighted by Gasteiger charge is 2.33. The third-order valence-corrected chi connectivity index (χ3v) is 4.41. The molecule has 3 rings (SSSR count). The van der Waals surface area contributed by atoms with Crippen LogP contribution in [0.5, 0.6) is 0 Å². The monoisotopic (exact) mass is 296 g/mol. The summed E-state index contributed by atoms with van der Waals surface area (Å²) in [5.41, 5.74) is 3.77. The van der Waals surface area contributed by atoms with Gasteiger partial charge in [0.2, 0.25) is 0 Å². The molecule has 0 bridgehead atoms. The van der Waals surface area contributed by atoms with Crippen molar-refractivity contribution < 1.29 is 8.78 Å². The zero-order valence-electron chi connectivity index (χ0n) is 13.0. The number of hydrogen-bond donors (Lipinski definition) is 0. The average molecular weight is 296 g/mol. The molecule has 0 spiro atoms. The first-order valence-electron chi connectivity index (χ1n) is 7.54. The summed E-state index contributed by atoms with van der Waals surface area (Å²) in [5.74, 6) is 6.21. The van der Waals surface area contributed by atoms with Crippen LogP contribution in [0.25, 0.3) is 0 Å². The summed E-state index contributed by atoms with van der Waals surface area (Å²) in [6.07, 6.45) is 1.26. The predicted molar refractivity (Wildman–Crippen MR) is 84.8 cm³/mol. The molecule has 2 heteroatoms. The first-order chi connectivity index (χ1) is 10.5. The van der Waals surface area contributed by atoms with Gasteiger partial charge in [-0.15, -0.1) is 0 Å². The van der Waals surface area contributed by atoms with E-state index in [4.69, 9.17) is 0 Å². The molecule has 2 aromatic carbocycles. The molecule has 0 radical (unpaired) electrons. The number of halogens is 2. The van der Waals surface area contributed by atoms with Gasteiger partial charge in [0.05, 0.1) is 0 Å². The van der Waals surface area contributed by atoms with Crippen LogP contribution in [0.3, 0.4) is 0 Å². The van der Waals surface area contributed by atoms with Crippen molar-refractivity contribution in [1.82, 2.24) is 0 Å². The molecule has 112 valence electrons. The molecule has 0 nitrogen and oxygen atoms in total. The van der Waals surface area contributed by atoms with Gasteiger partial charge in [-0.3, -0.25) is 0 Å². The van der Waals surface area contributed by atoms with Crippen molar-refractivity contribution in [2.24, 2.45) is 5.92 Å². The van der Waals surface area contributed by atoms with Gasteiger partial charge in [-0.05, 0) is 61.4 Å². The Kier molecular flexibility index (Phi) is 3.74. The van der Waals surface area contributed by atoms with Gasteiger partial charge >= 0.3 is 0 Å². The lowest BCUT2D eigenvalue weighted by Crippen LogP contribution is -1.91. The van der Waals surface area contributed by atoms with E-state index in [0.717, 1.165) is 17.0 Å². The first kappa shape index (κ1) is 14.8. The minimum absolute atomic E-state index is 0.0321. The highest BCUT2D eigenvalue weighted by molar-refractivity contribution is 5.48. The summed E-state index contributed by atoms with van der Waals surface area (Å²) in [4.78, 5) is 0. The Balaban J connectivity index is 1.88. The fourth-order valence-corrected chi connectivity index (χ4v) is 2.70. The topological polar surface area (TPSA) is 0 Å². The van der Waals surface area contributed by atoms with E-state index >= 15 is 0 Å². The summed E-state index contributed by atoms with van der Waals surface area (Å²) in [6.45, 7) is 5.70. The van der Waals surface area contributed by atoms with E-state index in [0.29, 0.717) is 11.5 Å². The van der Waals surface area contributed by atoms with Crippen LogP contribution in [-0.4, -0.2) is 0 Å². The summed E-state index contributed by atoms with van der Waals surface area (Å²) in [7, 11) is 0. The maximum absolute atomic E-state index is 13.5. The fourth-order valence-electron chi connectivity index (χ4n) is 2.70. The highest BCUT2D eigenvalue weighted by atomic mass is 19.1. The van der Waals surface area contributed by atoms with Crippen LogP contribution >= 0.6 is 0 Å². The minimum Gasteiger partial charge on any atom is -0.207 e. The van der Waals surface area contributed by atoms with Crippen molar-refractivity contribution in [3.8, 4) is 11.8 Å². The van der Waals surface area contributed by atoms with Gasteiger partial charge in [0.1, 0.15) is 11.6 Å². The van der Waals surface area contributed by atoms with Gasteiger partial charge in [0.15, 0.2) is 0 Å². The molecule has 2 unspecified atom stereocenters. The van der Waals surface area contributed by atoms with Crippen molar-refractivity contribution in [3.63, 3.8) is 0 Å². The van der Waals surface area contributed by atoms with Crippen LogP contribution in [-0.2, 0) is 0 Å². The lowest BCUT2D eigenvalue weighted by Gasteiger charge is -2.03.